The van der Waals surface area contributed by atoms with Crippen molar-refractivity contribution in [2.75, 3.05) is 30.9 Å². The third kappa shape index (κ3) is 4.30. The Morgan fingerprint density at radius 3 is 2.73 bits per heavy atom. The lowest BCUT2D eigenvalue weighted by molar-refractivity contribution is 0.102. The maximum absolute atomic E-state index is 12.2. The molecule has 0 aliphatic carbocycles. The molecule has 0 bridgehead atoms. The third-order valence-electron chi connectivity index (χ3n) is 3.27. The number of hydrogen-bond donors (Lipinski definition) is 2. The van der Waals surface area contributed by atoms with Crippen LogP contribution in [0.25, 0.3) is 0 Å². The summed E-state index contributed by atoms with van der Waals surface area (Å²) in [5.41, 5.74) is 4.19. The molecule has 0 unspecified atom stereocenters. The first-order valence-corrected chi connectivity index (χ1v) is 7.17. The van der Waals surface area contributed by atoms with Crippen molar-refractivity contribution in [1.82, 2.24) is 4.98 Å². The molecule has 0 atom stereocenters. The molecule has 0 saturated heterocycles. The molecule has 0 spiro atoms. The van der Waals surface area contributed by atoms with Gasteiger partial charge >= 0.3 is 0 Å². The predicted octanol–water partition coefficient (Wildman–Crippen LogP) is 3.01. The first-order valence-electron chi connectivity index (χ1n) is 7.17. The Balaban J connectivity index is 2.02. The molecule has 0 radical (unpaired) electrons. The number of carbonyl (C=O) groups excluding carboxylic acids is 1. The number of aryl methyl sites for hydroxylation is 2. The van der Waals surface area contributed by atoms with Gasteiger partial charge in [-0.1, -0.05) is 12.1 Å². The van der Waals surface area contributed by atoms with Gasteiger partial charge in [0.15, 0.2) is 0 Å². The van der Waals surface area contributed by atoms with E-state index in [4.69, 9.17) is 4.74 Å². The summed E-state index contributed by atoms with van der Waals surface area (Å²) in [7, 11) is 1.65. The first kappa shape index (κ1) is 16.0. The molecule has 2 aromatic rings. The van der Waals surface area contributed by atoms with E-state index in [9.17, 15) is 4.79 Å². The minimum Gasteiger partial charge on any atom is -0.383 e. The van der Waals surface area contributed by atoms with Crippen LogP contribution in [-0.4, -0.2) is 31.2 Å². The van der Waals surface area contributed by atoms with Crippen molar-refractivity contribution in [1.29, 1.82) is 0 Å². The van der Waals surface area contributed by atoms with Crippen LogP contribution in [0.3, 0.4) is 0 Å². The standard InChI is InChI=1S/C17H21N3O2/c1-12-4-5-13(2)16(10-12)20-17(21)15-7-6-14(11-19-15)18-8-9-22-3/h4-7,10-11,18H,8-9H2,1-3H3,(H,20,21). The molecule has 0 aliphatic rings. The van der Waals surface area contributed by atoms with Gasteiger partial charge in [-0.2, -0.15) is 0 Å². The van der Waals surface area contributed by atoms with Crippen molar-refractivity contribution in [3.63, 3.8) is 0 Å². The second-order valence-corrected chi connectivity index (χ2v) is 5.12. The van der Waals surface area contributed by atoms with Crippen molar-refractivity contribution < 1.29 is 9.53 Å². The van der Waals surface area contributed by atoms with Crippen LogP contribution in [0.4, 0.5) is 11.4 Å². The molecule has 1 heterocycles. The number of hydrogen-bond acceptors (Lipinski definition) is 4. The number of nitrogens with one attached hydrogen (secondary N) is 2. The summed E-state index contributed by atoms with van der Waals surface area (Å²) in [5, 5.41) is 6.06. The van der Waals surface area contributed by atoms with Crippen molar-refractivity contribution in [3.05, 3.63) is 53.3 Å². The van der Waals surface area contributed by atoms with Gasteiger partial charge in [-0.15, -0.1) is 0 Å². The average Bonchev–Trinajstić information content (AvgIpc) is 2.52. The van der Waals surface area contributed by atoms with Crippen LogP contribution in [0.5, 0.6) is 0 Å². The molecule has 22 heavy (non-hydrogen) atoms. The highest BCUT2D eigenvalue weighted by Gasteiger charge is 2.09. The molecule has 0 saturated carbocycles. The summed E-state index contributed by atoms with van der Waals surface area (Å²) in [4.78, 5) is 16.4. The highest BCUT2D eigenvalue weighted by Crippen LogP contribution is 2.17. The Hall–Kier alpha value is -2.40. The number of ether oxygens (including phenoxy) is 1. The summed E-state index contributed by atoms with van der Waals surface area (Å²) in [5.74, 6) is -0.211. The van der Waals surface area contributed by atoms with Gasteiger partial charge in [0.25, 0.3) is 5.91 Å². The molecule has 2 rings (SSSR count). The maximum atomic E-state index is 12.2. The maximum Gasteiger partial charge on any atom is 0.274 e. The van der Waals surface area contributed by atoms with Crippen molar-refractivity contribution in [3.8, 4) is 0 Å². The Kier molecular flexibility index (Phi) is 5.49. The monoisotopic (exact) mass is 299 g/mol. The smallest absolute Gasteiger partial charge is 0.274 e. The topological polar surface area (TPSA) is 63.2 Å². The second kappa shape index (κ2) is 7.56. The summed E-state index contributed by atoms with van der Waals surface area (Å²) in [6, 6.07) is 9.50. The normalized spacial score (nSPS) is 10.3. The molecule has 1 amide bonds. The van der Waals surface area contributed by atoms with E-state index < -0.39 is 0 Å². The van der Waals surface area contributed by atoms with Gasteiger partial charge in [-0.25, -0.2) is 4.98 Å². The molecule has 1 aromatic heterocycles. The third-order valence-corrected chi connectivity index (χ3v) is 3.27. The number of rotatable bonds is 6. The van der Waals surface area contributed by atoms with Crippen molar-refractivity contribution in [2.45, 2.75) is 13.8 Å². The number of amides is 1. The number of benzene rings is 1. The Bertz CT molecular complexity index is 639. The van der Waals surface area contributed by atoms with Crippen LogP contribution in [0.1, 0.15) is 21.6 Å². The molecule has 5 nitrogen and oxygen atoms in total. The molecule has 2 N–H and O–H groups in total. The highest BCUT2D eigenvalue weighted by atomic mass is 16.5. The van der Waals surface area contributed by atoms with Crippen molar-refractivity contribution >= 4 is 17.3 Å². The second-order valence-electron chi connectivity index (χ2n) is 5.12. The van der Waals surface area contributed by atoms with Gasteiger partial charge in [-0.3, -0.25) is 4.79 Å². The van der Waals surface area contributed by atoms with E-state index in [0.29, 0.717) is 18.8 Å². The minimum atomic E-state index is -0.211. The summed E-state index contributed by atoms with van der Waals surface area (Å²) < 4.78 is 4.97. The van der Waals surface area contributed by atoms with Gasteiger partial charge in [0.1, 0.15) is 5.69 Å². The number of carbonyl (C=O) groups is 1. The number of pyridine rings is 1. The zero-order chi connectivity index (χ0) is 15.9. The van der Waals surface area contributed by atoms with Gasteiger partial charge in [-0.05, 0) is 43.2 Å². The summed E-state index contributed by atoms with van der Waals surface area (Å²) in [6.45, 7) is 5.28. The zero-order valence-corrected chi connectivity index (χ0v) is 13.1. The minimum absolute atomic E-state index is 0.211. The highest BCUT2D eigenvalue weighted by molar-refractivity contribution is 6.03. The van der Waals surface area contributed by atoms with Crippen LogP contribution in [0.15, 0.2) is 36.5 Å². The van der Waals surface area contributed by atoms with Crippen LogP contribution < -0.4 is 10.6 Å². The van der Waals surface area contributed by atoms with E-state index >= 15 is 0 Å². The number of aromatic nitrogens is 1. The lowest BCUT2D eigenvalue weighted by Crippen LogP contribution is -2.15. The summed E-state index contributed by atoms with van der Waals surface area (Å²) in [6.07, 6.45) is 1.65. The molecule has 5 heteroatoms. The fourth-order valence-corrected chi connectivity index (χ4v) is 1.99. The van der Waals surface area contributed by atoms with Gasteiger partial charge in [0, 0.05) is 19.3 Å². The Morgan fingerprint density at radius 2 is 2.05 bits per heavy atom. The van der Waals surface area contributed by atoms with Crippen LogP contribution in [0, 0.1) is 13.8 Å². The van der Waals surface area contributed by atoms with E-state index in [1.165, 1.54) is 0 Å². The lowest BCUT2D eigenvalue weighted by Gasteiger charge is -2.10. The SMILES string of the molecule is COCCNc1ccc(C(=O)Nc2cc(C)ccc2C)nc1. The number of anilines is 2. The van der Waals surface area contributed by atoms with E-state index in [0.717, 1.165) is 22.5 Å². The zero-order valence-electron chi connectivity index (χ0n) is 13.1. The van der Waals surface area contributed by atoms with Crippen LogP contribution in [-0.2, 0) is 4.74 Å². The van der Waals surface area contributed by atoms with Crippen LogP contribution in [0.2, 0.25) is 0 Å². The Morgan fingerprint density at radius 1 is 1.23 bits per heavy atom. The van der Waals surface area contributed by atoms with Gasteiger partial charge in [0.05, 0.1) is 18.5 Å². The lowest BCUT2D eigenvalue weighted by atomic mass is 10.1. The van der Waals surface area contributed by atoms with Gasteiger partial charge < -0.3 is 15.4 Å². The van der Waals surface area contributed by atoms with E-state index in [2.05, 4.69) is 15.6 Å². The number of nitrogens with zero attached hydrogens (tertiary/aromatic N) is 1. The molecule has 0 fully saturated rings. The number of methoxy groups -OCH3 is 1. The molecule has 1 aromatic carbocycles. The predicted molar refractivity (Wildman–Crippen MR) is 88.5 cm³/mol. The summed E-state index contributed by atoms with van der Waals surface area (Å²) >= 11 is 0. The molecular weight excluding hydrogens is 278 g/mol. The molecular formula is C17H21N3O2. The van der Waals surface area contributed by atoms with Crippen LogP contribution >= 0.6 is 0 Å². The fraction of sp³-hybridized carbons (Fsp3) is 0.294. The van der Waals surface area contributed by atoms with Crippen molar-refractivity contribution in [2.24, 2.45) is 0 Å². The average molecular weight is 299 g/mol. The molecule has 0 aliphatic heterocycles. The van der Waals surface area contributed by atoms with Gasteiger partial charge in [0.2, 0.25) is 0 Å². The Labute approximate surface area is 130 Å². The largest absolute Gasteiger partial charge is 0.383 e. The van der Waals surface area contributed by atoms with E-state index in [1.807, 2.05) is 38.1 Å². The van der Waals surface area contributed by atoms with E-state index in [1.54, 1.807) is 19.4 Å². The fourth-order valence-electron chi connectivity index (χ4n) is 1.99. The van der Waals surface area contributed by atoms with E-state index in [-0.39, 0.29) is 5.91 Å². The quantitative estimate of drug-likeness (QED) is 0.805. The molecule has 116 valence electrons. The first-order chi connectivity index (χ1) is 10.6.